The van der Waals surface area contributed by atoms with Crippen molar-refractivity contribution in [2.45, 2.75) is 12.3 Å². The van der Waals surface area contributed by atoms with Crippen LogP contribution in [0.4, 0.5) is 11.4 Å². The van der Waals surface area contributed by atoms with E-state index in [1.165, 1.54) is 12.1 Å². The van der Waals surface area contributed by atoms with Crippen LogP contribution in [0.5, 0.6) is 0 Å². The standard InChI is InChI=1S/C23H18N2O4/c1-2-29-22(26)23(17-12-14-18(15-13-17)25(27)28)19-10-6-7-11-20(19)24-21(23)16-8-4-3-5-9-16/h3-15H,2H2,1H3. The lowest BCUT2D eigenvalue weighted by Gasteiger charge is -2.30. The number of aliphatic imine (C=N–C) groups is 1. The van der Waals surface area contributed by atoms with Crippen molar-refractivity contribution in [3.05, 3.63) is 106 Å². The van der Waals surface area contributed by atoms with Crippen molar-refractivity contribution in [2.24, 2.45) is 4.99 Å². The number of carbonyl (C=O) groups is 1. The van der Waals surface area contributed by atoms with E-state index in [-0.39, 0.29) is 12.3 Å². The van der Waals surface area contributed by atoms with Gasteiger partial charge < -0.3 is 4.74 Å². The van der Waals surface area contributed by atoms with Gasteiger partial charge in [0, 0.05) is 17.7 Å². The number of hydrogen-bond donors (Lipinski definition) is 0. The van der Waals surface area contributed by atoms with Crippen LogP contribution in [0.15, 0.2) is 83.9 Å². The number of esters is 1. The van der Waals surface area contributed by atoms with Gasteiger partial charge in [-0.1, -0.05) is 60.7 Å². The van der Waals surface area contributed by atoms with Crippen LogP contribution in [0.2, 0.25) is 0 Å². The maximum absolute atomic E-state index is 13.5. The molecule has 0 bridgehead atoms. The van der Waals surface area contributed by atoms with Gasteiger partial charge >= 0.3 is 5.97 Å². The topological polar surface area (TPSA) is 81.8 Å². The lowest BCUT2D eigenvalue weighted by atomic mass is 9.70. The maximum Gasteiger partial charge on any atom is 0.327 e. The molecule has 3 aromatic carbocycles. The van der Waals surface area contributed by atoms with Crippen molar-refractivity contribution in [1.82, 2.24) is 0 Å². The maximum atomic E-state index is 13.5. The zero-order valence-corrected chi connectivity index (χ0v) is 15.7. The molecule has 1 atom stereocenters. The summed E-state index contributed by atoms with van der Waals surface area (Å²) in [6, 6.07) is 22.9. The predicted octanol–water partition coefficient (Wildman–Crippen LogP) is 4.58. The van der Waals surface area contributed by atoms with E-state index in [0.717, 1.165) is 5.56 Å². The van der Waals surface area contributed by atoms with Crippen LogP contribution < -0.4 is 0 Å². The molecule has 0 radical (unpaired) electrons. The van der Waals surface area contributed by atoms with Crippen molar-refractivity contribution >= 4 is 23.1 Å². The quantitative estimate of drug-likeness (QED) is 0.365. The molecule has 0 saturated heterocycles. The highest BCUT2D eigenvalue weighted by atomic mass is 16.6. The van der Waals surface area contributed by atoms with Gasteiger partial charge in [0.05, 0.1) is 22.9 Å². The zero-order chi connectivity index (χ0) is 20.4. The fourth-order valence-electron chi connectivity index (χ4n) is 3.79. The minimum absolute atomic E-state index is 0.0442. The van der Waals surface area contributed by atoms with Gasteiger partial charge in [-0.2, -0.15) is 0 Å². The third-order valence-electron chi connectivity index (χ3n) is 5.04. The first kappa shape index (κ1) is 18.6. The van der Waals surface area contributed by atoms with Gasteiger partial charge in [-0.25, -0.2) is 0 Å². The molecule has 1 heterocycles. The van der Waals surface area contributed by atoms with Crippen LogP contribution >= 0.6 is 0 Å². The Labute approximate surface area is 167 Å². The van der Waals surface area contributed by atoms with E-state index in [9.17, 15) is 14.9 Å². The highest BCUT2D eigenvalue weighted by Gasteiger charge is 2.53. The molecule has 144 valence electrons. The van der Waals surface area contributed by atoms with Crippen LogP contribution in [0.25, 0.3) is 0 Å². The smallest absolute Gasteiger partial charge is 0.327 e. The summed E-state index contributed by atoms with van der Waals surface area (Å²) < 4.78 is 5.52. The van der Waals surface area contributed by atoms with Crippen molar-refractivity contribution in [2.75, 3.05) is 6.61 Å². The van der Waals surface area contributed by atoms with Gasteiger partial charge in [0.25, 0.3) is 5.69 Å². The Morgan fingerprint density at radius 1 is 1.00 bits per heavy atom. The van der Waals surface area contributed by atoms with Crippen molar-refractivity contribution in [3.63, 3.8) is 0 Å². The molecule has 0 aromatic heterocycles. The van der Waals surface area contributed by atoms with Crippen LogP contribution in [-0.4, -0.2) is 23.2 Å². The third kappa shape index (κ3) is 2.89. The number of nitrogens with zero attached hydrogens (tertiary/aromatic N) is 2. The number of para-hydroxylation sites is 1. The molecule has 0 N–H and O–H groups in total. The highest BCUT2D eigenvalue weighted by Crippen LogP contribution is 2.47. The molecule has 1 unspecified atom stereocenters. The number of nitro groups is 1. The fourth-order valence-corrected chi connectivity index (χ4v) is 3.79. The number of carbonyl (C=O) groups excluding carboxylic acids is 1. The highest BCUT2D eigenvalue weighted by molar-refractivity contribution is 6.26. The molecule has 1 aliphatic heterocycles. The Morgan fingerprint density at radius 3 is 2.31 bits per heavy atom. The molecular formula is C23H18N2O4. The summed E-state index contributed by atoms with van der Waals surface area (Å²) in [6.07, 6.45) is 0. The van der Waals surface area contributed by atoms with Gasteiger partial charge in [-0.05, 0) is 24.1 Å². The number of fused-ring (bicyclic) bond motifs is 1. The van der Waals surface area contributed by atoms with E-state index in [1.807, 2.05) is 54.6 Å². The average Bonchev–Trinajstić information content (AvgIpc) is 3.11. The largest absolute Gasteiger partial charge is 0.465 e. The minimum atomic E-state index is -1.30. The second-order valence-corrected chi connectivity index (χ2v) is 6.62. The fraction of sp³-hybridized carbons (Fsp3) is 0.130. The normalized spacial score (nSPS) is 17.3. The third-order valence-corrected chi connectivity index (χ3v) is 5.04. The van der Waals surface area contributed by atoms with Crippen molar-refractivity contribution in [1.29, 1.82) is 0 Å². The monoisotopic (exact) mass is 386 g/mol. The summed E-state index contributed by atoms with van der Waals surface area (Å²) in [4.78, 5) is 29.0. The van der Waals surface area contributed by atoms with Crippen LogP contribution in [0.3, 0.4) is 0 Å². The number of hydrogen-bond acceptors (Lipinski definition) is 5. The predicted molar refractivity (Wildman–Crippen MR) is 110 cm³/mol. The van der Waals surface area contributed by atoms with Gasteiger partial charge in [0.2, 0.25) is 0 Å². The second kappa shape index (κ2) is 7.31. The number of benzene rings is 3. The van der Waals surface area contributed by atoms with Gasteiger partial charge in [0.15, 0.2) is 5.41 Å². The SMILES string of the molecule is CCOC(=O)C1(c2ccc([N+](=O)[O-])cc2)C(c2ccccc2)=Nc2ccccc21. The van der Waals surface area contributed by atoms with E-state index >= 15 is 0 Å². The Bertz CT molecular complexity index is 1110. The van der Waals surface area contributed by atoms with E-state index in [4.69, 9.17) is 9.73 Å². The number of rotatable bonds is 5. The van der Waals surface area contributed by atoms with E-state index in [0.29, 0.717) is 22.5 Å². The number of nitro benzene ring substituents is 1. The first-order valence-electron chi connectivity index (χ1n) is 9.25. The van der Waals surface area contributed by atoms with E-state index in [2.05, 4.69) is 0 Å². The van der Waals surface area contributed by atoms with E-state index < -0.39 is 16.3 Å². The summed E-state index contributed by atoms with van der Waals surface area (Å²) in [5.74, 6) is -0.457. The summed E-state index contributed by atoms with van der Waals surface area (Å²) in [7, 11) is 0. The molecule has 4 rings (SSSR count). The van der Waals surface area contributed by atoms with Gasteiger partial charge in [-0.15, -0.1) is 0 Å². The summed E-state index contributed by atoms with van der Waals surface area (Å²) in [5, 5.41) is 11.1. The zero-order valence-electron chi connectivity index (χ0n) is 15.7. The molecule has 0 amide bonds. The van der Waals surface area contributed by atoms with Crippen LogP contribution in [-0.2, 0) is 14.9 Å². The van der Waals surface area contributed by atoms with Crippen molar-refractivity contribution < 1.29 is 14.5 Å². The summed E-state index contributed by atoms with van der Waals surface area (Å²) >= 11 is 0. The summed E-state index contributed by atoms with van der Waals surface area (Å²) in [6.45, 7) is 1.96. The summed E-state index contributed by atoms with van der Waals surface area (Å²) in [5.41, 5.74) is 1.94. The molecule has 6 nitrogen and oxygen atoms in total. The van der Waals surface area contributed by atoms with E-state index in [1.54, 1.807) is 19.1 Å². The van der Waals surface area contributed by atoms with Gasteiger partial charge in [0.1, 0.15) is 0 Å². The molecule has 3 aromatic rings. The molecule has 0 saturated carbocycles. The van der Waals surface area contributed by atoms with Crippen LogP contribution in [0, 0.1) is 10.1 Å². The Morgan fingerprint density at radius 2 is 1.66 bits per heavy atom. The Kier molecular flexibility index (Phi) is 4.68. The molecular weight excluding hydrogens is 368 g/mol. The van der Waals surface area contributed by atoms with Crippen molar-refractivity contribution in [3.8, 4) is 0 Å². The molecule has 0 aliphatic carbocycles. The Hall–Kier alpha value is -3.80. The molecule has 1 aliphatic rings. The number of ether oxygens (including phenoxy) is 1. The number of non-ortho nitro benzene ring substituents is 1. The molecule has 0 spiro atoms. The average molecular weight is 386 g/mol. The van der Waals surface area contributed by atoms with Gasteiger partial charge in [-0.3, -0.25) is 19.9 Å². The molecule has 29 heavy (non-hydrogen) atoms. The lowest BCUT2D eigenvalue weighted by Crippen LogP contribution is -2.44. The second-order valence-electron chi connectivity index (χ2n) is 6.62. The first-order chi connectivity index (χ1) is 14.1. The lowest BCUT2D eigenvalue weighted by molar-refractivity contribution is -0.384. The Balaban J connectivity index is 2.02. The minimum Gasteiger partial charge on any atom is -0.465 e. The molecule has 0 fully saturated rings. The van der Waals surface area contributed by atoms with Crippen LogP contribution in [0.1, 0.15) is 23.6 Å². The molecule has 6 heteroatoms. The first-order valence-corrected chi connectivity index (χ1v) is 9.25.